The first-order chi connectivity index (χ1) is 14.4. The van der Waals surface area contributed by atoms with Gasteiger partial charge in [0.1, 0.15) is 0 Å². The maximum absolute atomic E-state index is 12.5. The first kappa shape index (κ1) is 20.4. The summed E-state index contributed by atoms with van der Waals surface area (Å²) in [5, 5.41) is 3.17. The molecule has 0 saturated carbocycles. The van der Waals surface area contributed by atoms with E-state index in [1.807, 2.05) is 54.6 Å². The SMILES string of the molecule is O=C(Cc1ccc(-c2ccccc2)cc1)Nc1cc(N2CCCS2(=O)=O)ccc1Cl. The lowest BCUT2D eigenvalue weighted by Crippen LogP contribution is -2.25. The van der Waals surface area contributed by atoms with Gasteiger partial charge in [-0.05, 0) is 41.3 Å². The quantitative estimate of drug-likeness (QED) is 0.623. The van der Waals surface area contributed by atoms with Crippen LogP contribution >= 0.6 is 11.6 Å². The van der Waals surface area contributed by atoms with Crippen molar-refractivity contribution < 1.29 is 13.2 Å². The van der Waals surface area contributed by atoms with E-state index in [-0.39, 0.29) is 18.1 Å². The number of benzene rings is 3. The molecule has 7 heteroatoms. The van der Waals surface area contributed by atoms with Crippen LogP contribution in [0.3, 0.4) is 0 Å². The van der Waals surface area contributed by atoms with Gasteiger partial charge in [-0.2, -0.15) is 0 Å². The Hall–Kier alpha value is -2.83. The van der Waals surface area contributed by atoms with Gasteiger partial charge in [0.15, 0.2) is 0 Å². The predicted octanol–water partition coefficient (Wildman–Crippen LogP) is 4.73. The summed E-state index contributed by atoms with van der Waals surface area (Å²) < 4.78 is 25.7. The number of hydrogen-bond acceptors (Lipinski definition) is 3. The highest BCUT2D eigenvalue weighted by atomic mass is 35.5. The molecular formula is C23H21ClN2O3S. The molecular weight excluding hydrogens is 420 g/mol. The average Bonchev–Trinajstić information content (AvgIpc) is 3.10. The van der Waals surface area contributed by atoms with Gasteiger partial charge in [0.05, 0.1) is 28.6 Å². The summed E-state index contributed by atoms with van der Waals surface area (Å²) >= 11 is 6.23. The summed E-state index contributed by atoms with van der Waals surface area (Å²) in [5.41, 5.74) is 4.00. The fourth-order valence-corrected chi connectivity index (χ4v) is 5.24. The van der Waals surface area contributed by atoms with Gasteiger partial charge < -0.3 is 5.32 Å². The van der Waals surface area contributed by atoms with E-state index in [2.05, 4.69) is 5.32 Å². The average molecular weight is 441 g/mol. The molecule has 1 aliphatic rings. The van der Waals surface area contributed by atoms with E-state index in [0.717, 1.165) is 16.7 Å². The van der Waals surface area contributed by atoms with Gasteiger partial charge >= 0.3 is 0 Å². The zero-order valence-electron chi connectivity index (χ0n) is 16.2. The Morgan fingerprint density at radius 1 is 0.967 bits per heavy atom. The van der Waals surface area contributed by atoms with Crippen LogP contribution in [0.5, 0.6) is 0 Å². The Kier molecular flexibility index (Phi) is 5.79. The molecule has 0 atom stereocenters. The lowest BCUT2D eigenvalue weighted by Gasteiger charge is -2.18. The third-order valence-electron chi connectivity index (χ3n) is 5.04. The Morgan fingerprint density at radius 2 is 1.67 bits per heavy atom. The van der Waals surface area contributed by atoms with E-state index < -0.39 is 10.0 Å². The van der Waals surface area contributed by atoms with Crippen LogP contribution in [0.15, 0.2) is 72.8 Å². The standard InChI is InChI=1S/C23H21ClN2O3S/c24-21-12-11-20(26-13-4-14-30(26,28)29)16-22(21)25-23(27)15-17-7-9-19(10-8-17)18-5-2-1-3-6-18/h1-3,5-12,16H,4,13-15H2,(H,25,27). The number of amides is 1. The van der Waals surface area contributed by atoms with Gasteiger partial charge in [-0.3, -0.25) is 9.10 Å². The number of nitrogens with zero attached hydrogens (tertiary/aromatic N) is 1. The molecule has 0 aliphatic carbocycles. The van der Waals surface area contributed by atoms with Crippen molar-refractivity contribution in [2.75, 3.05) is 21.9 Å². The molecule has 0 radical (unpaired) electrons. The van der Waals surface area contributed by atoms with Gasteiger partial charge in [-0.1, -0.05) is 66.2 Å². The third kappa shape index (κ3) is 4.50. The van der Waals surface area contributed by atoms with Crippen LogP contribution in [0.2, 0.25) is 5.02 Å². The van der Waals surface area contributed by atoms with Crippen LogP contribution < -0.4 is 9.62 Å². The molecule has 1 heterocycles. The van der Waals surface area contributed by atoms with Crippen LogP contribution in [0, 0.1) is 0 Å². The van der Waals surface area contributed by atoms with Gasteiger partial charge in [-0.15, -0.1) is 0 Å². The van der Waals surface area contributed by atoms with Gasteiger partial charge in [0, 0.05) is 6.54 Å². The Labute approximate surface area is 181 Å². The molecule has 0 aromatic heterocycles. The molecule has 3 aromatic rings. The second-order valence-electron chi connectivity index (χ2n) is 7.19. The van der Waals surface area contributed by atoms with Crippen molar-refractivity contribution in [3.63, 3.8) is 0 Å². The zero-order valence-corrected chi connectivity index (χ0v) is 17.8. The molecule has 154 valence electrons. The minimum Gasteiger partial charge on any atom is -0.324 e. The lowest BCUT2D eigenvalue weighted by atomic mass is 10.0. The molecule has 1 aliphatic heterocycles. The summed E-state index contributed by atoms with van der Waals surface area (Å²) in [7, 11) is -3.30. The number of sulfonamides is 1. The van der Waals surface area contributed by atoms with Crippen LogP contribution in [0.4, 0.5) is 11.4 Å². The van der Waals surface area contributed by atoms with Crippen molar-refractivity contribution in [1.29, 1.82) is 0 Å². The summed E-state index contributed by atoms with van der Waals surface area (Å²) in [6, 6.07) is 22.7. The highest BCUT2D eigenvalue weighted by Gasteiger charge is 2.28. The van der Waals surface area contributed by atoms with Gasteiger partial charge in [0.25, 0.3) is 0 Å². The van der Waals surface area contributed by atoms with Crippen molar-refractivity contribution >= 4 is 38.9 Å². The van der Waals surface area contributed by atoms with Gasteiger partial charge in [0.2, 0.25) is 15.9 Å². The van der Waals surface area contributed by atoms with Crippen LogP contribution in [0.1, 0.15) is 12.0 Å². The number of halogens is 1. The number of anilines is 2. The molecule has 0 unspecified atom stereocenters. The smallest absolute Gasteiger partial charge is 0.235 e. The normalized spacial score (nSPS) is 15.2. The minimum absolute atomic E-state index is 0.135. The van der Waals surface area contributed by atoms with Crippen molar-refractivity contribution in [2.24, 2.45) is 0 Å². The van der Waals surface area contributed by atoms with Gasteiger partial charge in [-0.25, -0.2) is 8.42 Å². The topological polar surface area (TPSA) is 66.5 Å². The van der Waals surface area contributed by atoms with Crippen LogP contribution in [-0.2, 0) is 21.2 Å². The first-order valence-electron chi connectivity index (χ1n) is 9.66. The Morgan fingerprint density at radius 3 is 2.33 bits per heavy atom. The molecule has 1 fully saturated rings. The second-order valence-corrected chi connectivity index (χ2v) is 9.61. The third-order valence-corrected chi connectivity index (χ3v) is 7.24. The number of rotatable bonds is 5. The largest absolute Gasteiger partial charge is 0.324 e. The molecule has 0 bridgehead atoms. The molecule has 30 heavy (non-hydrogen) atoms. The van der Waals surface area contributed by atoms with Crippen molar-refractivity contribution in [3.8, 4) is 11.1 Å². The maximum Gasteiger partial charge on any atom is 0.235 e. The highest BCUT2D eigenvalue weighted by Crippen LogP contribution is 2.31. The van der Waals surface area contributed by atoms with E-state index in [9.17, 15) is 13.2 Å². The van der Waals surface area contributed by atoms with Crippen molar-refractivity contribution in [1.82, 2.24) is 0 Å². The van der Waals surface area contributed by atoms with E-state index in [1.54, 1.807) is 18.2 Å². The highest BCUT2D eigenvalue weighted by molar-refractivity contribution is 7.93. The maximum atomic E-state index is 12.5. The lowest BCUT2D eigenvalue weighted by molar-refractivity contribution is -0.115. The predicted molar refractivity (Wildman–Crippen MR) is 121 cm³/mol. The summed E-state index contributed by atoms with van der Waals surface area (Å²) in [6.07, 6.45) is 0.781. The first-order valence-corrected chi connectivity index (χ1v) is 11.7. The van der Waals surface area contributed by atoms with E-state index in [4.69, 9.17) is 11.6 Å². The molecule has 1 N–H and O–H groups in total. The minimum atomic E-state index is -3.30. The molecule has 1 saturated heterocycles. The molecule has 3 aromatic carbocycles. The van der Waals surface area contributed by atoms with Crippen molar-refractivity contribution in [3.05, 3.63) is 83.4 Å². The number of carbonyl (C=O) groups excluding carboxylic acids is 1. The number of hydrogen-bond donors (Lipinski definition) is 1. The number of nitrogens with one attached hydrogen (secondary N) is 1. The Balaban J connectivity index is 1.46. The molecule has 4 rings (SSSR count). The molecule has 5 nitrogen and oxygen atoms in total. The van der Waals surface area contributed by atoms with Crippen LogP contribution in [0.25, 0.3) is 11.1 Å². The Bertz CT molecular complexity index is 1160. The second kappa shape index (κ2) is 8.50. The fourth-order valence-electron chi connectivity index (χ4n) is 3.52. The molecule has 0 spiro atoms. The monoisotopic (exact) mass is 440 g/mol. The summed E-state index contributed by atoms with van der Waals surface area (Å²) in [4.78, 5) is 12.5. The summed E-state index contributed by atoms with van der Waals surface area (Å²) in [5.74, 6) is -0.0816. The number of carbonyl (C=O) groups is 1. The van der Waals surface area contributed by atoms with Crippen molar-refractivity contribution in [2.45, 2.75) is 12.8 Å². The summed E-state index contributed by atoms with van der Waals surface area (Å²) in [6.45, 7) is 0.436. The van der Waals surface area contributed by atoms with E-state index in [0.29, 0.717) is 29.4 Å². The van der Waals surface area contributed by atoms with E-state index >= 15 is 0 Å². The van der Waals surface area contributed by atoms with E-state index in [1.165, 1.54) is 4.31 Å². The van der Waals surface area contributed by atoms with Crippen LogP contribution in [-0.4, -0.2) is 26.6 Å². The zero-order chi connectivity index (χ0) is 21.1. The fraction of sp³-hybridized carbons (Fsp3) is 0.174. The molecule has 1 amide bonds.